The molecule has 0 saturated carbocycles. The first kappa shape index (κ1) is 32.4. The normalized spacial score (nSPS) is 12.5. The molecule has 0 heterocycles. The molecule has 0 spiro atoms. The fraction of sp³-hybridized carbons (Fsp3) is 0.966. The summed E-state index contributed by atoms with van der Waals surface area (Å²) in [5.74, 6) is -0.716. The number of hydrogen-bond acceptors (Lipinski definition) is 3. The van der Waals surface area contributed by atoms with Crippen LogP contribution in [0.1, 0.15) is 149 Å². The number of aliphatic carboxylic acids is 1. The summed E-state index contributed by atoms with van der Waals surface area (Å²) in [4.78, 5) is 12.8. The summed E-state index contributed by atoms with van der Waals surface area (Å²) in [6.07, 6.45) is 28.7. The number of carboxylic acid groups (broad SMARTS) is 1. The number of carbonyl (C=O) groups is 1. The molecule has 4 heteroatoms. The minimum Gasteiger partial charge on any atom is -0.481 e. The zero-order chi connectivity index (χ0) is 24.4. The maximum Gasteiger partial charge on any atom is 0.304 e. The zero-order valence-corrected chi connectivity index (χ0v) is 22.9. The van der Waals surface area contributed by atoms with Crippen molar-refractivity contribution in [3.05, 3.63) is 0 Å². The highest BCUT2D eigenvalue weighted by molar-refractivity contribution is 5.66. The number of nitrogens with one attached hydrogen (secondary N) is 1. The lowest BCUT2D eigenvalue weighted by atomic mass is 10.0. The van der Waals surface area contributed by atoms with Crippen LogP contribution in [-0.2, 0) is 4.79 Å². The number of carboxylic acids is 1. The molecule has 198 valence electrons. The number of likely N-dealkylation sites (N-methyl/N-ethyl adjacent to an activating group) is 1. The molecule has 0 saturated heterocycles. The van der Waals surface area contributed by atoms with Gasteiger partial charge in [-0.2, -0.15) is 0 Å². The van der Waals surface area contributed by atoms with Gasteiger partial charge in [0.2, 0.25) is 0 Å². The molecule has 0 aliphatic heterocycles. The van der Waals surface area contributed by atoms with Crippen LogP contribution in [0.5, 0.6) is 0 Å². The van der Waals surface area contributed by atoms with E-state index < -0.39 is 5.97 Å². The highest BCUT2D eigenvalue weighted by Gasteiger charge is 2.09. The molecule has 0 fully saturated rings. The zero-order valence-electron chi connectivity index (χ0n) is 22.9. The van der Waals surface area contributed by atoms with Crippen LogP contribution in [0.15, 0.2) is 0 Å². The highest BCUT2D eigenvalue weighted by Crippen LogP contribution is 2.14. The van der Waals surface area contributed by atoms with Gasteiger partial charge in [-0.3, -0.25) is 4.79 Å². The van der Waals surface area contributed by atoms with E-state index in [0.29, 0.717) is 12.6 Å². The average molecular weight is 469 g/mol. The van der Waals surface area contributed by atoms with E-state index in [1.54, 1.807) is 0 Å². The first-order chi connectivity index (χ1) is 16.1. The SMILES string of the molecule is CCCCCCCCCCCCCCCCCCCCCCNCC(C)N(C)CCC(=O)O. The lowest BCUT2D eigenvalue weighted by Crippen LogP contribution is -2.39. The summed E-state index contributed by atoms with van der Waals surface area (Å²) >= 11 is 0. The second kappa shape index (κ2) is 26.0. The van der Waals surface area contributed by atoms with Crippen LogP contribution < -0.4 is 5.32 Å². The molecule has 0 aromatic carbocycles. The Morgan fingerprint density at radius 3 is 1.42 bits per heavy atom. The molecule has 0 aromatic rings. The van der Waals surface area contributed by atoms with E-state index >= 15 is 0 Å². The Kier molecular flexibility index (Phi) is 25.5. The van der Waals surface area contributed by atoms with Crippen LogP contribution >= 0.6 is 0 Å². The number of unbranched alkanes of at least 4 members (excludes halogenated alkanes) is 19. The largest absolute Gasteiger partial charge is 0.481 e. The van der Waals surface area contributed by atoms with Gasteiger partial charge in [0.1, 0.15) is 0 Å². The van der Waals surface area contributed by atoms with Crippen molar-refractivity contribution in [2.75, 3.05) is 26.7 Å². The predicted octanol–water partition coefficient (Wildman–Crippen LogP) is 8.19. The lowest BCUT2D eigenvalue weighted by molar-refractivity contribution is -0.137. The molecule has 0 amide bonds. The van der Waals surface area contributed by atoms with Crippen molar-refractivity contribution in [1.29, 1.82) is 0 Å². The summed E-state index contributed by atoms with van der Waals surface area (Å²) in [6.45, 7) is 7.09. The van der Waals surface area contributed by atoms with Crippen LogP contribution in [0.4, 0.5) is 0 Å². The summed E-state index contributed by atoms with van der Waals surface area (Å²) in [5.41, 5.74) is 0. The van der Waals surface area contributed by atoms with E-state index in [1.807, 2.05) is 7.05 Å². The molecule has 1 unspecified atom stereocenters. The second-order valence-electron chi connectivity index (χ2n) is 10.4. The Bertz CT molecular complexity index is 403. The standard InChI is InChI=1S/C29H60N2O2/c1-4-5-6-7-8-9-10-11-12-13-14-15-16-17-18-19-20-21-22-23-25-30-27-28(2)31(3)26-24-29(32)33/h28,30H,4-27H2,1-3H3,(H,32,33). The van der Waals surface area contributed by atoms with Gasteiger partial charge in [0.05, 0.1) is 6.42 Å². The number of hydrogen-bond donors (Lipinski definition) is 2. The fourth-order valence-corrected chi connectivity index (χ4v) is 4.46. The van der Waals surface area contributed by atoms with E-state index in [2.05, 4.69) is 24.1 Å². The van der Waals surface area contributed by atoms with Crippen molar-refractivity contribution in [2.24, 2.45) is 0 Å². The van der Waals surface area contributed by atoms with Gasteiger partial charge in [0.25, 0.3) is 0 Å². The third-order valence-electron chi connectivity index (χ3n) is 7.08. The van der Waals surface area contributed by atoms with Gasteiger partial charge in [-0.25, -0.2) is 0 Å². The van der Waals surface area contributed by atoms with Crippen molar-refractivity contribution in [3.8, 4) is 0 Å². The van der Waals surface area contributed by atoms with Gasteiger partial charge in [0, 0.05) is 19.1 Å². The van der Waals surface area contributed by atoms with Gasteiger partial charge in [-0.05, 0) is 26.9 Å². The van der Waals surface area contributed by atoms with Crippen LogP contribution in [0.2, 0.25) is 0 Å². The van der Waals surface area contributed by atoms with Gasteiger partial charge in [0.15, 0.2) is 0 Å². The van der Waals surface area contributed by atoms with Crippen molar-refractivity contribution < 1.29 is 9.90 Å². The number of rotatable bonds is 27. The summed E-state index contributed by atoms with van der Waals surface area (Å²) < 4.78 is 0. The minimum absolute atomic E-state index is 0.222. The minimum atomic E-state index is -0.716. The Balaban J connectivity index is 3.16. The topological polar surface area (TPSA) is 52.6 Å². The molecule has 4 nitrogen and oxygen atoms in total. The Morgan fingerprint density at radius 2 is 1.06 bits per heavy atom. The monoisotopic (exact) mass is 468 g/mol. The maximum atomic E-state index is 10.6. The van der Waals surface area contributed by atoms with Gasteiger partial charge < -0.3 is 15.3 Å². The first-order valence-electron chi connectivity index (χ1n) is 14.7. The van der Waals surface area contributed by atoms with Gasteiger partial charge >= 0.3 is 5.97 Å². The Labute approximate surface area is 207 Å². The van der Waals surface area contributed by atoms with E-state index in [1.165, 1.54) is 128 Å². The lowest BCUT2D eigenvalue weighted by Gasteiger charge is -2.24. The Hall–Kier alpha value is -0.610. The van der Waals surface area contributed by atoms with Crippen LogP contribution in [-0.4, -0.2) is 48.7 Å². The fourth-order valence-electron chi connectivity index (χ4n) is 4.46. The van der Waals surface area contributed by atoms with Crippen molar-refractivity contribution in [2.45, 2.75) is 155 Å². The van der Waals surface area contributed by atoms with Gasteiger partial charge in [-0.1, -0.05) is 129 Å². The molecule has 1 atom stereocenters. The summed E-state index contributed by atoms with van der Waals surface area (Å²) in [6, 6.07) is 0.384. The van der Waals surface area contributed by atoms with Gasteiger partial charge in [-0.15, -0.1) is 0 Å². The van der Waals surface area contributed by atoms with Crippen molar-refractivity contribution >= 4 is 5.97 Å². The van der Waals surface area contributed by atoms with Crippen molar-refractivity contribution in [3.63, 3.8) is 0 Å². The van der Waals surface area contributed by atoms with Crippen LogP contribution in [0.25, 0.3) is 0 Å². The average Bonchev–Trinajstić information content (AvgIpc) is 2.80. The molecule has 0 radical (unpaired) electrons. The third kappa shape index (κ3) is 25.8. The second-order valence-corrected chi connectivity index (χ2v) is 10.4. The van der Waals surface area contributed by atoms with Crippen molar-refractivity contribution in [1.82, 2.24) is 10.2 Å². The van der Waals surface area contributed by atoms with E-state index in [4.69, 9.17) is 5.11 Å². The summed E-state index contributed by atoms with van der Waals surface area (Å²) in [7, 11) is 2.01. The van der Waals surface area contributed by atoms with E-state index in [-0.39, 0.29) is 6.42 Å². The summed E-state index contributed by atoms with van der Waals surface area (Å²) in [5, 5.41) is 12.3. The quantitative estimate of drug-likeness (QED) is 0.119. The van der Waals surface area contributed by atoms with Crippen LogP contribution in [0, 0.1) is 0 Å². The Morgan fingerprint density at radius 1 is 0.697 bits per heavy atom. The van der Waals surface area contributed by atoms with E-state index in [9.17, 15) is 4.79 Å². The molecule has 0 aliphatic rings. The maximum absolute atomic E-state index is 10.6. The molecule has 0 aliphatic carbocycles. The molecule has 0 rings (SSSR count). The third-order valence-corrected chi connectivity index (χ3v) is 7.08. The number of nitrogens with zero attached hydrogens (tertiary/aromatic N) is 1. The molecule has 33 heavy (non-hydrogen) atoms. The predicted molar refractivity (Wildman–Crippen MR) is 145 cm³/mol. The molecular formula is C29H60N2O2. The smallest absolute Gasteiger partial charge is 0.304 e. The van der Waals surface area contributed by atoms with E-state index in [0.717, 1.165) is 13.1 Å². The molecular weight excluding hydrogens is 408 g/mol. The molecule has 0 aromatic heterocycles. The highest BCUT2D eigenvalue weighted by atomic mass is 16.4. The van der Waals surface area contributed by atoms with Crippen LogP contribution in [0.3, 0.4) is 0 Å². The first-order valence-corrected chi connectivity index (χ1v) is 14.7. The molecule has 2 N–H and O–H groups in total. The molecule has 0 bridgehead atoms.